The van der Waals surface area contributed by atoms with E-state index in [0.717, 1.165) is 10.9 Å². The summed E-state index contributed by atoms with van der Waals surface area (Å²) in [6.45, 7) is 1.88. The zero-order chi connectivity index (χ0) is 11.7. The quantitative estimate of drug-likeness (QED) is 0.573. The molecule has 82 valence electrons. The van der Waals surface area contributed by atoms with Crippen molar-refractivity contribution in [3.8, 4) is 5.75 Å². The zero-order valence-electron chi connectivity index (χ0n) is 8.93. The van der Waals surface area contributed by atoms with Gasteiger partial charge in [0.1, 0.15) is 5.52 Å². The van der Waals surface area contributed by atoms with Gasteiger partial charge in [0, 0.05) is 17.6 Å². The molecule has 5 nitrogen and oxygen atoms in total. The Hall–Kier alpha value is -2.17. The lowest BCUT2D eigenvalue weighted by Crippen LogP contribution is -1.93. The van der Waals surface area contributed by atoms with Crippen molar-refractivity contribution < 1.29 is 9.66 Å². The van der Waals surface area contributed by atoms with Gasteiger partial charge >= 0.3 is 0 Å². The summed E-state index contributed by atoms with van der Waals surface area (Å²) in [6.07, 6.45) is 1.66. The fourth-order valence-corrected chi connectivity index (χ4v) is 1.60. The molecule has 2 aromatic rings. The SMILES string of the molecule is COc1cc([N+](=O)[O-])cc2c(C)ccnc12. The monoisotopic (exact) mass is 218 g/mol. The number of pyridine rings is 1. The normalized spacial score (nSPS) is 10.4. The van der Waals surface area contributed by atoms with Crippen LogP contribution in [0, 0.1) is 17.0 Å². The summed E-state index contributed by atoms with van der Waals surface area (Å²) >= 11 is 0. The fraction of sp³-hybridized carbons (Fsp3) is 0.182. The van der Waals surface area contributed by atoms with Crippen molar-refractivity contribution in [3.63, 3.8) is 0 Å². The van der Waals surface area contributed by atoms with Crippen molar-refractivity contribution in [2.45, 2.75) is 6.92 Å². The molecule has 0 spiro atoms. The number of rotatable bonds is 2. The third-order valence-corrected chi connectivity index (χ3v) is 2.44. The molecule has 0 fully saturated rings. The topological polar surface area (TPSA) is 65.3 Å². The molecule has 0 bridgehead atoms. The van der Waals surface area contributed by atoms with Crippen molar-refractivity contribution in [2.75, 3.05) is 7.11 Å². The molecule has 16 heavy (non-hydrogen) atoms. The lowest BCUT2D eigenvalue weighted by atomic mass is 10.1. The van der Waals surface area contributed by atoms with Crippen LogP contribution in [0.25, 0.3) is 10.9 Å². The number of ether oxygens (including phenoxy) is 1. The summed E-state index contributed by atoms with van der Waals surface area (Å²) in [4.78, 5) is 14.5. The van der Waals surface area contributed by atoms with Gasteiger partial charge in [-0.15, -0.1) is 0 Å². The highest BCUT2D eigenvalue weighted by Gasteiger charge is 2.13. The van der Waals surface area contributed by atoms with Crippen LogP contribution in [0.1, 0.15) is 5.56 Å². The molecule has 0 aliphatic heterocycles. The maximum Gasteiger partial charge on any atom is 0.273 e. The first-order valence-corrected chi connectivity index (χ1v) is 4.71. The molecule has 0 radical (unpaired) electrons. The van der Waals surface area contributed by atoms with Gasteiger partial charge in [-0.3, -0.25) is 15.1 Å². The number of aryl methyl sites for hydroxylation is 1. The van der Waals surface area contributed by atoms with E-state index in [1.165, 1.54) is 19.2 Å². The predicted molar refractivity (Wildman–Crippen MR) is 59.7 cm³/mol. The maximum absolute atomic E-state index is 10.8. The highest BCUT2D eigenvalue weighted by Crippen LogP contribution is 2.30. The first-order valence-electron chi connectivity index (χ1n) is 4.71. The van der Waals surface area contributed by atoms with Gasteiger partial charge in [-0.2, -0.15) is 0 Å². The predicted octanol–water partition coefficient (Wildman–Crippen LogP) is 2.46. The first-order chi connectivity index (χ1) is 7.63. The van der Waals surface area contributed by atoms with Crippen LogP contribution < -0.4 is 4.74 Å². The summed E-state index contributed by atoms with van der Waals surface area (Å²) in [5, 5.41) is 11.5. The Morgan fingerprint density at radius 3 is 2.81 bits per heavy atom. The molecule has 0 atom stereocenters. The average molecular weight is 218 g/mol. The standard InChI is InChI=1S/C11H10N2O3/c1-7-3-4-12-11-9(7)5-8(13(14)15)6-10(11)16-2/h3-6H,1-2H3. The second-order valence-corrected chi connectivity index (χ2v) is 3.43. The highest BCUT2D eigenvalue weighted by atomic mass is 16.6. The summed E-state index contributed by atoms with van der Waals surface area (Å²) in [5.41, 5.74) is 1.60. The molecule has 0 amide bonds. The van der Waals surface area contributed by atoms with E-state index in [-0.39, 0.29) is 5.69 Å². The molecule has 5 heteroatoms. The lowest BCUT2D eigenvalue weighted by molar-refractivity contribution is -0.384. The van der Waals surface area contributed by atoms with Gasteiger partial charge < -0.3 is 4.74 Å². The van der Waals surface area contributed by atoms with Crippen LogP contribution in [0.15, 0.2) is 24.4 Å². The number of nitro groups is 1. The van der Waals surface area contributed by atoms with Gasteiger partial charge in [0.15, 0.2) is 5.75 Å². The van der Waals surface area contributed by atoms with E-state index in [4.69, 9.17) is 4.74 Å². The summed E-state index contributed by atoms with van der Waals surface area (Å²) in [5.74, 6) is 0.424. The maximum atomic E-state index is 10.8. The van der Waals surface area contributed by atoms with Crippen LogP contribution in [0.5, 0.6) is 5.75 Å². The Balaban J connectivity index is 2.84. The van der Waals surface area contributed by atoms with E-state index < -0.39 is 4.92 Å². The summed E-state index contributed by atoms with van der Waals surface area (Å²) in [6, 6.07) is 4.71. The Morgan fingerprint density at radius 2 is 2.19 bits per heavy atom. The van der Waals surface area contributed by atoms with E-state index in [9.17, 15) is 10.1 Å². The number of benzene rings is 1. The van der Waals surface area contributed by atoms with Crippen LogP contribution in [-0.2, 0) is 0 Å². The minimum atomic E-state index is -0.436. The zero-order valence-corrected chi connectivity index (χ0v) is 8.93. The Kier molecular flexibility index (Phi) is 2.44. The van der Waals surface area contributed by atoms with Crippen LogP contribution in [0.3, 0.4) is 0 Å². The smallest absolute Gasteiger partial charge is 0.273 e. The summed E-state index contributed by atoms with van der Waals surface area (Å²) in [7, 11) is 1.47. The van der Waals surface area contributed by atoms with E-state index in [2.05, 4.69) is 4.98 Å². The van der Waals surface area contributed by atoms with Gasteiger partial charge in [0.25, 0.3) is 5.69 Å². The number of aromatic nitrogens is 1. The number of nitro benzene ring substituents is 1. The molecule has 0 aliphatic rings. The molecule has 0 saturated carbocycles. The Bertz CT molecular complexity index is 566. The van der Waals surface area contributed by atoms with E-state index >= 15 is 0 Å². The highest BCUT2D eigenvalue weighted by molar-refractivity contribution is 5.89. The largest absolute Gasteiger partial charge is 0.494 e. The van der Waals surface area contributed by atoms with Gasteiger partial charge in [-0.1, -0.05) is 0 Å². The molecule has 0 saturated heterocycles. The summed E-state index contributed by atoms with van der Waals surface area (Å²) < 4.78 is 5.11. The van der Waals surface area contributed by atoms with Crippen molar-refractivity contribution in [1.82, 2.24) is 4.98 Å². The van der Waals surface area contributed by atoms with Crippen molar-refractivity contribution in [2.24, 2.45) is 0 Å². The van der Waals surface area contributed by atoms with E-state index in [0.29, 0.717) is 11.3 Å². The van der Waals surface area contributed by atoms with Crippen molar-refractivity contribution >= 4 is 16.6 Å². The number of fused-ring (bicyclic) bond motifs is 1. The van der Waals surface area contributed by atoms with Crippen molar-refractivity contribution in [1.29, 1.82) is 0 Å². The first kappa shape index (κ1) is 10.4. The average Bonchev–Trinajstić information content (AvgIpc) is 2.28. The fourth-order valence-electron chi connectivity index (χ4n) is 1.60. The molecule has 0 unspecified atom stereocenters. The van der Waals surface area contributed by atoms with Gasteiger partial charge in [0.2, 0.25) is 0 Å². The van der Waals surface area contributed by atoms with Crippen LogP contribution in [0.2, 0.25) is 0 Å². The molecular formula is C11H10N2O3. The third-order valence-electron chi connectivity index (χ3n) is 2.44. The Labute approximate surface area is 91.8 Å². The molecule has 0 aliphatic carbocycles. The van der Waals surface area contributed by atoms with Crippen LogP contribution in [0.4, 0.5) is 5.69 Å². The van der Waals surface area contributed by atoms with E-state index in [1.54, 1.807) is 6.20 Å². The second-order valence-electron chi connectivity index (χ2n) is 3.43. The molecule has 1 heterocycles. The minimum absolute atomic E-state index is 0.0143. The van der Waals surface area contributed by atoms with Crippen LogP contribution in [-0.4, -0.2) is 17.0 Å². The number of hydrogen-bond acceptors (Lipinski definition) is 4. The van der Waals surface area contributed by atoms with Crippen LogP contribution >= 0.6 is 0 Å². The number of nitrogens with zero attached hydrogens (tertiary/aromatic N) is 2. The van der Waals surface area contributed by atoms with Crippen molar-refractivity contribution in [3.05, 3.63) is 40.1 Å². The molecule has 1 aromatic carbocycles. The molecule has 2 rings (SSSR count). The number of non-ortho nitro benzene ring substituents is 1. The minimum Gasteiger partial charge on any atom is -0.494 e. The van der Waals surface area contributed by atoms with Gasteiger partial charge in [-0.05, 0) is 18.6 Å². The second kappa shape index (κ2) is 3.77. The molecule has 0 N–H and O–H groups in total. The van der Waals surface area contributed by atoms with Gasteiger partial charge in [-0.25, -0.2) is 0 Å². The number of hydrogen-bond donors (Lipinski definition) is 0. The molecule has 1 aromatic heterocycles. The Morgan fingerprint density at radius 1 is 1.44 bits per heavy atom. The lowest BCUT2D eigenvalue weighted by Gasteiger charge is -2.06. The van der Waals surface area contributed by atoms with E-state index in [1.807, 2.05) is 13.0 Å². The third kappa shape index (κ3) is 1.56. The number of methoxy groups -OCH3 is 1. The van der Waals surface area contributed by atoms with Gasteiger partial charge in [0.05, 0.1) is 18.1 Å². The molecular weight excluding hydrogens is 208 g/mol.